The number of hydrogen-bond donors (Lipinski definition) is 0. The van der Waals surface area contributed by atoms with Crippen molar-refractivity contribution in [1.29, 1.82) is 5.26 Å². The molecule has 0 saturated heterocycles. The van der Waals surface area contributed by atoms with Gasteiger partial charge in [0.15, 0.2) is 0 Å². The van der Waals surface area contributed by atoms with E-state index >= 15 is 0 Å². The molecule has 2 rings (SSSR count). The Hall–Kier alpha value is -2.10. The summed E-state index contributed by atoms with van der Waals surface area (Å²) in [6.45, 7) is 10.9. The molecular weight excluding hydrogens is 368 g/mol. The molecule has 0 radical (unpaired) electrons. The number of nitrogens with zero attached hydrogens (tertiary/aromatic N) is 4. The first kappa shape index (κ1) is 20.2. The zero-order chi connectivity index (χ0) is 19.5. The number of aliphatic imine (C=N–C) groups is 1. The van der Waals surface area contributed by atoms with Gasteiger partial charge in [-0.05, 0) is 25.5 Å². The summed E-state index contributed by atoms with van der Waals surface area (Å²) < 4.78 is 10.4. The predicted molar refractivity (Wildman–Crippen MR) is 108 cm³/mol. The number of halogens is 1. The van der Waals surface area contributed by atoms with Gasteiger partial charge in [0.2, 0.25) is 5.06 Å². The van der Waals surface area contributed by atoms with Gasteiger partial charge in [-0.2, -0.15) is 9.64 Å². The molecule has 0 amide bonds. The number of hydrogen-bond acceptors (Lipinski definition) is 5. The summed E-state index contributed by atoms with van der Waals surface area (Å²) in [5, 5.41) is 10.5. The van der Waals surface area contributed by atoms with Crippen LogP contribution < -0.4 is 4.74 Å². The number of aryl methyl sites for hydroxylation is 1. The van der Waals surface area contributed by atoms with Crippen LogP contribution in [0.5, 0.6) is 10.8 Å². The topological polar surface area (TPSA) is 61.5 Å². The lowest BCUT2D eigenvalue weighted by Crippen LogP contribution is -2.14. The molecule has 0 saturated carbocycles. The van der Waals surface area contributed by atoms with Crippen LogP contribution in [-0.2, 0) is 5.41 Å². The normalized spacial score (nSPS) is 11.6. The Labute approximate surface area is 164 Å². The highest BCUT2D eigenvalue weighted by atomic mass is 35.5. The number of benzene rings is 1. The highest BCUT2D eigenvalue weighted by Gasteiger charge is 2.26. The van der Waals surface area contributed by atoms with Gasteiger partial charge in [-0.1, -0.05) is 32.4 Å². The van der Waals surface area contributed by atoms with Crippen LogP contribution in [0.4, 0.5) is 5.69 Å². The van der Waals surface area contributed by atoms with Crippen LogP contribution in [0, 0.1) is 18.3 Å². The monoisotopic (exact) mass is 390 g/mol. The van der Waals surface area contributed by atoms with Gasteiger partial charge in [0.1, 0.15) is 17.4 Å². The maximum atomic E-state index is 9.53. The van der Waals surface area contributed by atoms with Crippen molar-refractivity contribution in [3.05, 3.63) is 34.0 Å². The standard InChI is InChI=1S/C19H23ClN4OS/c1-7-24(6)11-22-15-8-12(2)16(9-14(15)20)25-18-13(10-21)17(23-26-18)19(3,4)5/h8-9,11H,7H2,1-6H3/b22-11-. The van der Waals surface area contributed by atoms with Gasteiger partial charge >= 0.3 is 0 Å². The molecule has 1 aromatic carbocycles. The first-order chi connectivity index (χ1) is 12.2. The third-order valence-electron chi connectivity index (χ3n) is 3.82. The van der Waals surface area contributed by atoms with E-state index in [9.17, 15) is 5.26 Å². The fraction of sp³-hybridized carbons (Fsp3) is 0.421. The average molecular weight is 391 g/mol. The van der Waals surface area contributed by atoms with Crippen molar-refractivity contribution >= 4 is 35.2 Å². The molecule has 0 fully saturated rings. The van der Waals surface area contributed by atoms with E-state index in [4.69, 9.17) is 16.3 Å². The third kappa shape index (κ3) is 4.54. The van der Waals surface area contributed by atoms with E-state index in [1.807, 2.05) is 52.6 Å². The highest BCUT2D eigenvalue weighted by Crippen LogP contribution is 2.40. The second kappa shape index (κ2) is 8.07. The van der Waals surface area contributed by atoms with Crippen molar-refractivity contribution in [1.82, 2.24) is 9.27 Å². The summed E-state index contributed by atoms with van der Waals surface area (Å²) in [5.41, 5.74) is 2.56. The number of nitriles is 1. The fourth-order valence-corrected chi connectivity index (χ4v) is 3.26. The van der Waals surface area contributed by atoms with Crippen LogP contribution >= 0.6 is 23.1 Å². The zero-order valence-electron chi connectivity index (χ0n) is 15.9. The Morgan fingerprint density at radius 3 is 2.69 bits per heavy atom. The maximum Gasteiger partial charge on any atom is 0.218 e. The maximum absolute atomic E-state index is 9.53. The van der Waals surface area contributed by atoms with Crippen LogP contribution in [0.1, 0.15) is 44.5 Å². The Morgan fingerprint density at radius 2 is 2.12 bits per heavy atom. The van der Waals surface area contributed by atoms with E-state index in [1.165, 1.54) is 11.5 Å². The minimum atomic E-state index is -0.222. The van der Waals surface area contributed by atoms with E-state index in [0.717, 1.165) is 17.8 Å². The molecule has 5 nitrogen and oxygen atoms in total. The Morgan fingerprint density at radius 1 is 1.42 bits per heavy atom. The number of ether oxygens (including phenoxy) is 1. The van der Waals surface area contributed by atoms with Crippen LogP contribution in [0.25, 0.3) is 0 Å². The Bertz CT molecular complexity index is 862. The summed E-state index contributed by atoms with van der Waals surface area (Å²) in [6, 6.07) is 5.82. The van der Waals surface area contributed by atoms with E-state index < -0.39 is 0 Å². The van der Waals surface area contributed by atoms with Crippen LogP contribution in [0.2, 0.25) is 5.02 Å². The van der Waals surface area contributed by atoms with E-state index in [2.05, 4.69) is 15.4 Å². The van der Waals surface area contributed by atoms with Gasteiger partial charge in [0.05, 0.1) is 22.7 Å². The summed E-state index contributed by atoms with van der Waals surface area (Å²) in [6.07, 6.45) is 1.74. The van der Waals surface area contributed by atoms with Gasteiger partial charge in [-0.25, -0.2) is 4.99 Å². The van der Waals surface area contributed by atoms with Crippen molar-refractivity contribution < 1.29 is 4.74 Å². The van der Waals surface area contributed by atoms with Crippen molar-refractivity contribution in [3.8, 4) is 16.9 Å². The molecule has 0 bridgehead atoms. The number of rotatable bonds is 5. The molecule has 26 heavy (non-hydrogen) atoms. The fourth-order valence-electron chi connectivity index (χ4n) is 2.15. The summed E-state index contributed by atoms with van der Waals surface area (Å²) in [4.78, 5) is 6.37. The molecule has 138 valence electrons. The van der Waals surface area contributed by atoms with Gasteiger partial charge in [0.25, 0.3) is 0 Å². The molecule has 0 aliphatic heterocycles. The van der Waals surface area contributed by atoms with E-state index in [0.29, 0.717) is 27.1 Å². The van der Waals surface area contributed by atoms with Crippen molar-refractivity contribution in [2.75, 3.05) is 13.6 Å². The summed E-state index contributed by atoms with van der Waals surface area (Å²) in [7, 11) is 1.95. The lowest BCUT2D eigenvalue weighted by Gasteiger charge is -2.15. The van der Waals surface area contributed by atoms with Crippen molar-refractivity contribution in [2.45, 2.75) is 40.0 Å². The number of aromatic nitrogens is 1. The van der Waals surface area contributed by atoms with E-state index in [-0.39, 0.29) is 5.41 Å². The smallest absolute Gasteiger partial charge is 0.218 e. The van der Waals surface area contributed by atoms with Gasteiger partial charge in [-0.3, -0.25) is 0 Å². The molecule has 0 unspecified atom stereocenters. The molecule has 1 aromatic heterocycles. The zero-order valence-corrected chi connectivity index (χ0v) is 17.5. The lowest BCUT2D eigenvalue weighted by atomic mass is 9.90. The van der Waals surface area contributed by atoms with Crippen molar-refractivity contribution in [2.24, 2.45) is 4.99 Å². The Kier molecular flexibility index (Phi) is 6.27. The SMILES string of the molecule is CCN(C)/C=N\c1cc(C)c(Oc2snc(C(C)(C)C)c2C#N)cc1Cl. The van der Waals surface area contributed by atoms with Crippen molar-refractivity contribution in [3.63, 3.8) is 0 Å². The molecule has 0 atom stereocenters. The molecular formula is C19H23ClN4OS. The second-order valence-electron chi connectivity index (χ2n) is 7.04. The molecule has 0 aliphatic carbocycles. The quantitative estimate of drug-likeness (QED) is 0.486. The lowest BCUT2D eigenvalue weighted by molar-refractivity contribution is 0.488. The summed E-state index contributed by atoms with van der Waals surface area (Å²) >= 11 is 7.54. The summed E-state index contributed by atoms with van der Waals surface area (Å²) in [5.74, 6) is 0.596. The molecule has 2 aromatic rings. The molecule has 1 heterocycles. The highest BCUT2D eigenvalue weighted by molar-refractivity contribution is 7.08. The van der Waals surface area contributed by atoms with Gasteiger partial charge in [-0.15, -0.1) is 0 Å². The second-order valence-corrected chi connectivity index (χ2v) is 8.19. The largest absolute Gasteiger partial charge is 0.443 e. The molecule has 0 N–H and O–H groups in total. The first-order valence-electron chi connectivity index (χ1n) is 8.30. The minimum Gasteiger partial charge on any atom is -0.443 e. The molecule has 7 heteroatoms. The average Bonchev–Trinajstić information content (AvgIpc) is 2.99. The van der Waals surface area contributed by atoms with Crippen LogP contribution in [0.15, 0.2) is 17.1 Å². The molecule has 0 aliphatic rings. The minimum absolute atomic E-state index is 0.222. The molecule has 0 spiro atoms. The van der Waals surface area contributed by atoms with Crippen LogP contribution in [-0.4, -0.2) is 29.2 Å². The van der Waals surface area contributed by atoms with Gasteiger partial charge in [0, 0.05) is 36.6 Å². The first-order valence-corrected chi connectivity index (χ1v) is 9.45. The van der Waals surface area contributed by atoms with E-state index in [1.54, 1.807) is 12.4 Å². The Balaban J connectivity index is 2.35. The third-order valence-corrected chi connectivity index (χ3v) is 4.85. The van der Waals surface area contributed by atoms with Gasteiger partial charge < -0.3 is 9.64 Å². The van der Waals surface area contributed by atoms with Crippen LogP contribution in [0.3, 0.4) is 0 Å². The predicted octanol–water partition coefficient (Wildman–Crippen LogP) is 5.68.